The number of aromatic amines is 1. The first-order chi connectivity index (χ1) is 8.63. The van der Waals surface area contributed by atoms with Crippen LogP contribution in [0.25, 0.3) is 22.6 Å². The van der Waals surface area contributed by atoms with Gasteiger partial charge in [0.2, 0.25) is 0 Å². The molecule has 0 saturated carbocycles. The number of rotatable bonds is 1. The van der Waals surface area contributed by atoms with E-state index >= 15 is 0 Å². The second kappa shape index (κ2) is 4.10. The minimum atomic E-state index is 0.706. The molecule has 3 rings (SSSR count). The van der Waals surface area contributed by atoms with Crippen LogP contribution >= 0.6 is 15.9 Å². The number of pyridine rings is 1. The molecule has 0 bridgehead atoms. The summed E-state index contributed by atoms with van der Waals surface area (Å²) in [6.45, 7) is 1.95. The molecule has 2 aromatic heterocycles. The van der Waals surface area contributed by atoms with E-state index in [9.17, 15) is 0 Å². The summed E-state index contributed by atoms with van der Waals surface area (Å²) in [4.78, 5) is 12.1. The average Bonchev–Trinajstić information content (AvgIpc) is 2.74. The summed E-state index contributed by atoms with van der Waals surface area (Å²) >= 11 is 3.50. The normalized spacial score (nSPS) is 11.0. The molecule has 0 unspecified atom stereocenters. The number of fused-ring (bicyclic) bond motifs is 1. The van der Waals surface area contributed by atoms with Gasteiger partial charge >= 0.3 is 0 Å². The van der Waals surface area contributed by atoms with E-state index in [1.807, 2.05) is 37.3 Å². The van der Waals surface area contributed by atoms with Crippen molar-refractivity contribution < 1.29 is 0 Å². The largest absolute Gasteiger partial charge is 0.399 e. The summed E-state index contributed by atoms with van der Waals surface area (Å²) < 4.78 is 0.951. The van der Waals surface area contributed by atoms with Crippen LogP contribution in [0.15, 0.2) is 34.8 Å². The Morgan fingerprint density at radius 1 is 1.17 bits per heavy atom. The maximum atomic E-state index is 5.81. The van der Waals surface area contributed by atoms with Crippen molar-refractivity contribution >= 4 is 32.8 Å². The number of H-pyrrole nitrogens is 1. The number of anilines is 1. The number of aryl methyl sites for hydroxylation is 1. The molecule has 90 valence electrons. The molecule has 3 aromatic rings. The van der Waals surface area contributed by atoms with Gasteiger partial charge in [0.05, 0.1) is 5.52 Å². The maximum Gasteiger partial charge on any atom is 0.178 e. The molecular formula is C13H11BrN4. The number of nitrogen functional groups attached to an aromatic ring is 1. The summed E-state index contributed by atoms with van der Waals surface area (Å²) in [6, 6.07) is 9.58. The van der Waals surface area contributed by atoms with E-state index in [1.165, 1.54) is 0 Å². The molecule has 0 amide bonds. The molecule has 0 spiro atoms. The van der Waals surface area contributed by atoms with Gasteiger partial charge in [0.1, 0.15) is 5.82 Å². The second-order valence-corrected chi connectivity index (χ2v) is 5.00. The zero-order chi connectivity index (χ0) is 12.7. The maximum absolute atomic E-state index is 5.81. The lowest BCUT2D eigenvalue weighted by Gasteiger charge is -2.01. The number of aromatic nitrogens is 3. The minimum Gasteiger partial charge on any atom is -0.399 e. The van der Waals surface area contributed by atoms with Crippen LogP contribution in [-0.4, -0.2) is 15.0 Å². The molecule has 18 heavy (non-hydrogen) atoms. The van der Waals surface area contributed by atoms with E-state index in [0.717, 1.165) is 32.7 Å². The van der Waals surface area contributed by atoms with Crippen LogP contribution in [0.3, 0.4) is 0 Å². The molecule has 5 heteroatoms. The number of nitrogens with one attached hydrogen (secondary N) is 1. The van der Waals surface area contributed by atoms with Crippen molar-refractivity contribution in [3.05, 3.63) is 40.5 Å². The van der Waals surface area contributed by atoms with E-state index in [-0.39, 0.29) is 0 Å². The van der Waals surface area contributed by atoms with Crippen LogP contribution in [-0.2, 0) is 0 Å². The quantitative estimate of drug-likeness (QED) is 0.678. The topological polar surface area (TPSA) is 67.6 Å². The number of hydrogen-bond acceptors (Lipinski definition) is 3. The molecule has 0 aliphatic heterocycles. The monoisotopic (exact) mass is 302 g/mol. The summed E-state index contributed by atoms with van der Waals surface area (Å²) in [5.41, 5.74) is 10.0. The zero-order valence-electron chi connectivity index (χ0n) is 9.74. The van der Waals surface area contributed by atoms with Gasteiger partial charge in [-0.15, -0.1) is 0 Å². The van der Waals surface area contributed by atoms with Crippen LogP contribution in [0.5, 0.6) is 0 Å². The predicted octanol–water partition coefficient (Wildman–Crippen LogP) is 3.28. The molecule has 0 aliphatic carbocycles. The van der Waals surface area contributed by atoms with Gasteiger partial charge < -0.3 is 10.7 Å². The summed E-state index contributed by atoms with van der Waals surface area (Å²) in [5, 5.41) is 0. The van der Waals surface area contributed by atoms with E-state index in [0.29, 0.717) is 5.69 Å². The predicted molar refractivity (Wildman–Crippen MR) is 76.2 cm³/mol. The molecule has 1 aromatic carbocycles. The average molecular weight is 303 g/mol. The van der Waals surface area contributed by atoms with Crippen LogP contribution < -0.4 is 5.73 Å². The smallest absolute Gasteiger partial charge is 0.178 e. The summed E-state index contributed by atoms with van der Waals surface area (Å²) in [6.07, 6.45) is 0. The number of nitrogens with zero attached hydrogens (tertiary/aromatic N) is 2. The third kappa shape index (κ3) is 1.86. The van der Waals surface area contributed by atoms with Gasteiger partial charge in [-0.25, -0.2) is 9.97 Å². The fraction of sp³-hybridized carbons (Fsp3) is 0.0769. The molecule has 0 fully saturated rings. The van der Waals surface area contributed by atoms with Gasteiger partial charge in [0.25, 0.3) is 0 Å². The van der Waals surface area contributed by atoms with Crippen LogP contribution in [0.2, 0.25) is 0 Å². The number of halogens is 1. The molecule has 2 heterocycles. The van der Waals surface area contributed by atoms with E-state index < -0.39 is 0 Å². The van der Waals surface area contributed by atoms with Crippen LogP contribution in [0, 0.1) is 6.92 Å². The third-order valence-electron chi connectivity index (χ3n) is 2.73. The highest BCUT2D eigenvalue weighted by Crippen LogP contribution is 2.29. The Labute approximate surface area is 112 Å². The highest BCUT2D eigenvalue weighted by Gasteiger charge is 2.09. The molecule has 0 saturated heterocycles. The summed E-state index contributed by atoms with van der Waals surface area (Å²) in [5.74, 6) is 0.766. The number of benzene rings is 1. The van der Waals surface area contributed by atoms with Crippen molar-refractivity contribution in [3.63, 3.8) is 0 Å². The zero-order valence-corrected chi connectivity index (χ0v) is 11.3. The lowest BCUT2D eigenvalue weighted by molar-refractivity contribution is 1.22. The van der Waals surface area contributed by atoms with Gasteiger partial charge in [0, 0.05) is 21.4 Å². The van der Waals surface area contributed by atoms with Gasteiger partial charge in [-0.3, -0.25) is 0 Å². The number of nitrogens with two attached hydrogens (primary N) is 1. The molecule has 0 atom stereocenters. The lowest BCUT2D eigenvalue weighted by Crippen LogP contribution is -1.88. The minimum absolute atomic E-state index is 0.706. The first-order valence-corrected chi connectivity index (χ1v) is 6.31. The highest BCUT2D eigenvalue weighted by molar-refractivity contribution is 9.10. The molecule has 4 nitrogen and oxygen atoms in total. The molecule has 0 aliphatic rings. The first-order valence-electron chi connectivity index (χ1n) is 5.52. The van der Waals surface area contributed by atoms with Crippen molar-refractivity contribution in [2.45, 2.75) is 6.92 Å². The summed E-state index contributed by atoms with van der Waals surface area (Å²) in [7, 11) is 0. The Hall–Kier alpha value is -1.88. The standard InChI is InChI=1S/C13H11BrN4/c1-7-2-5-11-13(16-7)18-12(17-11)9-6-8(15)3-4-10(9)14/h2-6H,15H2,1H3,(H,16,17,18). The van der Waals surface area contributed by atoms with Crippen molar-refractivity contribution in [1.29, 1.82) is 0 Å². The molecule has 3 N–H and O–H groups in total. The van der Waals surface area contributed by atoms with E-state index in [1.54, 1.807) is 0 Å². The number of hydrogen-bond donors (Lipinski definition) is 2. The Balaban J connectivity index is 2.22. The van der Waals surface area contributed by atoms with Crippen LogP contribution in [0.4, 0.5) is 5.69 Å². The Kier molecular flexibility index (Phi) is 2.56. The Bertz CT molecular complexity index is 733. The number of imidazole rings is 1. The van der Waals surface area contributed by atoms with E-state index in [2.05, 4.69) is 30.9 Å². The van der Waals surface area contributed by atoms with Crippen molar-refractivity contribution in [3.8, 4) is 11.4 Å². The second-order valence-electron chi connectivity index (χ2n) is 4.15. The van der Waals surface area contributed by atoms with Crippen molar-refractivity contribution in [2.24, 2.45) is 0 Å². The van der Waals surface area contributed by atoms with Gasteiger partial charge in [-0.05, 0) is 37.3 Å². The fourth-order valence-corrected chi connectivity index (χ4v) is 2.27. The highest BCUT2D eigenvalue weighted by atomic mass is 79.9. The van der Waals surface area contributed by atoms with Gasteiger partial charge in [-0.2, -0.15) is 0 Å². The Morgan fingerprint density at radius 2 is 2.00 bits per heavy atom. The SMILES string of the molecule is Cc1ccc2[nH]c(-c3cc(N)ccc3Br)nc2n1. The molecule has 0 radical (unpaired) electrons. The van der Waals surface area contributed by atoms with E-state index in [4.69, 9.17) is 5.73 Å². The Morgan fingerprint density at radius 3 is 2.83 bits per heavy atom. The fourth-order valence-electron chi connectivity index (χ4n) is 1.84. The van der Waals surface area contributed by atoms with Gasteiger partial charge in [-0.1, -0.05) is 15.9 Å². The molecular weight excluding hydrogens is 292 g/mol. The van der Waals surface area contributed by atoms with Gasteiger partial charge in [0.15, 0.2) is 5.65 Å². The first kappa shape index (κ1) is 11.2. The van der Waals surface area contributed by atoms with Crippen molar-refractivity contribution in [1.82, 2.24) is 15.0 Å². The van der Waals surface area contributed by atoms with Crippen molar-refractivity contribution in [2.75, 3.05) is 5.73 Å². The van der Waals surface area contributed by atoms with Crippen LogP contribution in [0.1, 0.15) is 5.69 Å². The third-order valence-corrected chi connectivity index (χ3v) is 3.42. The lowest BCUT2D eigenvalue weighted by atomic mass is 10.2.